The molecule has 31 heavy (non-hydrogen) atoms. The van der Waals surface area contributed by atoms with Crippen LogP contribution in [0.2, 0.25) is 10.0 Å². The van der Waals surface area contributed by atoms with E-state index in [-0.39, 0.29) is 18.8 Å². The molecule has 1 fully saturated rings. The largest absolute Gasteiger partial charge is 0.347 e. The predicted octanol–water partition coefficient (Wildman–Crippen LogP) is 6.81. The summed E-state index contributed by atoms with van der Waals surface area (Å²) >= 11 is 13.4. The van der Waals surface area contributed by atoms with Crippen molar-refractivity contribution in [1.82, 2.24) is 5.32 Å². The van der Waals surface area contributed by atoms with Gasteiger partial charge in [-0.1, -0.05) is 23.2 Å². The summed E-state index contributed by atoms with van der Waals surface area (Å²) in [5.74, 6) is -1.08. The number of benzene rings is 2. The summed E-state index contributed by atoms with van der Waals surface area (Å²) in [7, 11) is -3.79. The van der Waals surface area contributed by atoms with Gasteiger partial charge in [0.1, 0.15) is 5.82 Å². The van der Waals surface area contributed by atoms with Gasteiger partial charge in [-0.25, -0.2) is 4.39 Å². The molecule has 4 rings (SSSR count). The minimum atomic E-state index is -3.79. The average molecular weight is 500 g/mol. The lowest BCUT2D eigenvalue weighted by Crippen LogP contribution is -2.28. The lowest BCUT2D eigenvalue weighted by molar-refractivity contribution is -0.120. The molecule has 1 aliphatic rings. The van der Waals surface area contributed by atoms with E-state index >= 15 is 0 Å². The molecule has 10 heteroatoms. The number of fused-ring (bicyclic) bond motifs is 1. The lowest BCUT2D eigenvalue weighted by Gasteiger charge is -2.29. The van der Waals surface area contributed by atoms with E-state index in [0.29, 0.717) is 27.4 Å². The molecule has 1 saturated heterocycles. The van der Waals surface area contributed by atoms with Crippen molar-refractivity contribution in [3.8, 4) is 0 Å². The van der Waals surface area contributed by atoms with Crippen molar-refractivity contribution in [2.24, 2.45) is 0 Å². The molecule has 0 aliphatic carbocycles. The first-order chi connectivity index (χ1) is 14.9. The molecular formula is C21H17Cl2FNO4PS. The van der Waals surface area contributed by atoms with E-state index in [0.717, 1.165) is 4.70 Å². The van der Waals surface area contributed by atoms with Gasteiger partial charge in [0.2, 0.25) is 5.91 Å². The SMILES string of the molecule is O=C(NC=Cc1cc(Cl)ccc1F)C(c1csc2ccc(Cl)cc12)P1(=O)OCCCO1. The molecule has 3 aromatic rings. The zero-order chi connectivity index (χ0) is 22.0. The molecule has 1 unspecified atom stereocenters. The highest BCUT2D eigenvalue weighted by Crippen LogP contribution is 2.63. The smallest absolute Gasteiger partial charge is 0.332 e. The quantitative estimate of drug-likeness (QED) is 0.391. The summed E-state index contributed by atoms with van der Waals surface area (Å²) in [6.07, 6.45) is 3.24. The number of thiophene rings is 1. The van der Waals surface area contributed by atoms with Crippen molar-refractivity contribution < 1.29 is 22.8 Å². The highest BCUT2D eigenvalue weighted by molar-refractivity contribution is 7.55. The van der Waals surface area contributed by atoms with E-state index in [1.807, 2.05) is 6.07 Å². The fourth-order valence-electron chi connectivity index (χ4n) is 3.25. The van der Waals surface area contributed by atoms with Gasteiger partial charge in [0.05, 0.1) is 13.2 Å². The molecule has 0 bridgehead atoms. The Morgan fingerprint density at radius 1 is 1.16 bits per heavy atom. The second kappa shape index (κ2) is 9.41. The standard InChI is InChI=1S/C21H17Cl2FNO4PS/c22-14-2-4-18(24)13(10-14)6-7-25-21(26)20(30(27)28-8-1-9-29-30)17-12-31-19-5-3-15(23)11-16(17)19/h2-7,10-12,20H,1,8-9H2,(H,25,26). The van der Waals surface area contributed by atoms with Gasteiger partial charge in [0.15, 0.2) is 5.66 Å². The van der Waals surface area contributed by atoms with E-state index in [9.17, 15) is 13.8 Å². The monoisotopic (exact) mass is 499 g/mol. The zero-order valence-electron chi connectivity index (χ0n) is 16.0. The number of halogens is 3. The number of hydrogen-bond acceptors (Lipinski definition) is 5. The first-order valence-corrected chi connectivity index (χ1v) is 12.6. The molecule has 1 aromatic heterocycles. The van der Waals surface area contributed by atoms with Gasteiger partial charge in [-0.3, -0.25) is 9.36 Å². The molecule has 2 aromatic carbocycles. The van der Waals surface area contributed by atoms with Crippen molar-refractivity contribution >= 4 is 64.2 Å². The van der Waals surface area contributed by atoms with Crippen LogP contribution in [0.3, 0.4) is 0 Å². The van der Waals surface area contributed by atoms with Gasteiger partial charge in [-0.15, -0.1) is 11.3 Å². The van der Waals surface area contributed by atoms with E-state index in [1.54, 1.807) is 17.5 Å². The summed E-state index contributed by atoms with van der Waals surface area (Å²) in [5.41, 5.74) is -0.490. The van der Waals surface area contributed by atoms with Gasteiger partial charge in [-0.2, -0.15) is 0 Å². The van der Waals surface area contributed by atoms with Crippen molar-refractivity contribution in [3.05, 3.63) is 75.0 Å². The van der Waals surface area contributed by atoms with Gasteiger partial charge in [-0.05, 0) is 65.2 Å². The van der Waals surface area contributed by atoms with Gasteiger partial charge in [0.25, 0.3) is 0 Å². The van der Waals surface area contributed by atoms with Crippen molar-refractivity contribution in [3.63, 3.8) is 0 Å². The molecule has 0 spiro atoms. The number of hydrogen-bond donors (Lipinski definition) is 1. The first kappa shape index (κ1) is 22.5. The summed E-state index contributed by atoms with van der Waals surface area (Å²) < 4.78 is 39.3. The van der Waals surface area contributed by atoms with E-state index in [4.69, 9.17) is 32.2 Å². The van der Waals surface area contributed by atoms with Crippen LogP contribution < -0.4 is 5.32 Å². The Bertz CT molecular complexity index is 1210. The van der Waals surface area contributed by atoms with Crippen LogP contribution in [0.5, 0.6) is 0 Å². The van der Waals surface area contributed by atoms with Crippen molar-refractivity contribution in [2.45, 2.75) is 12.1 Å². The van der Waals surface area contributed by atoms with E-state index in [1.165, 1.54) is 41.8 Å². The molecular weight excluding hydrogens is 483 g/mol. The van der Waals surface area contributed by atoms with Crippen molar-refractivity contribution in [1.29, 1.82) is 0 Å². The van der Waals surface area contributed by atoms with Crippen LogP contribution in [-0.2, 0) is 18.4 Å². The topological polar surface area (TPSA) is 64.6 Å². The van der Waals surface area contributed by atoms with Crippen LogP contribution in [0.15, 0.2) is 48.0 Å². The molecule has 162 valence electrons. The maximum atomic E-state index is 13.9. The normalized spacial score (nSPS) is 17.1. The Morgan fingerprint density at radius 2 is 1.87 bits per heavy atom. The molecule has 1 atom stereocenters. The maximum Gasteiger partial charge on any atom is 0.347 e. The van der Waals surface area contributed by atoms with Crippen LogP contribution in [0.1, 0.15) is 23.2 Å². The van der Waals surface area contributed by atoms with Crippen LogP contribution in [0, 0.1) is 5.82 Å². The number of nitrogens with one attached hydrogen (secondary N) is 1. The molecule has 2 heterocycles. The molecule has 0 saturated carbocycles. The van der Waals surface area contributed by atoms with Gasteiger partial charge in [0, 0.05) is 26.5 Å². The maximum absolute atomic E-state index is 13.9. The summed E-state index contributed by atoms with van der Waals surface area (Å²) in [6, 6.07) is 9.39. The molecule has 1 amide bonds. The molecule has 1 aliphatic heterocycles. The predicted molar refractivity (Wildman–Crippen MR) is 122 cm³/mol. The number of carbonyl (C=O) groups excluding carboxylic acids is 1. The minimum absolute atomic E-state index is 0.203. The number of amides is 1. The van der Waals surface area contributed by atoms with Gasteiger partial charge >= 0.3 is 7.60 Å². The molecule has 5 nitrogen and oxygen atoms in total. The third-order valence-corrected chi connectivity index (χ3v) is 8.38. The molecule has 1 N–H and O–H groups in total. The summed E-state index contributed by atoms with van der Waals surface area (Å²) in [4.78, 5) is 13.2. The van der Waals surface area contributed by atoms with Crippen LogP contribution in [0.4, 0.5) is 4.39 Å². The van der Waals surface area contributed by atoms with E-state index in [2.05, 4.69) is 5.32 Å². The Morgan fingerprint density at radius 3 is 2.65 bits per heavy atom. The van der Waals surface area contributed by atoms with Crippen LogP contribution >= 0.6 is 42.1 Å². The minimum Gasteiger partial charge on any atom is -0.332 e. The first-order valence-electron chi connectivity index (χ1n) is 9.35. The number of carbonyl (C=O) groups is 1. The second-order valence-electron chi connectivity index (χ2n) is 6.80. The summed E-state index contributed by atoms with van der Waals surface area (Å²) in [5, 5.41) is 5.89. The Kier molecular flexibility index (Phi) is 6.82. The second-order valence-corrected chi connectivity index (χ2v) is 10.7. The Labute approximate surface area is 192 Å². The molecule has 0 radical (unpaired) electrons. The zero-order valence-corrected chi connectivity index (χ0v) is 19.2. The highest BCUT2D eigenvalue weighted by Gasteiger charge is 2.45. The Hall–Kier alpha value is -1.73. The average Bonchev–Trinajstić information content (AvgIpc) is 3.13. The fraction of sp³-hybridized carbons (Fsp3) is 0.190. The van der Waals surface area contributed by atoms with Crippen molar-refractivity contribution in [2.75, 3.05) is 13.2 Å². The summed E-state index contributed by atoms with van der Waals surface area (Å²) in [6.45, 7) is 0.459. The highest BCUT2D eigenvalue weighted by atomic mass is 35.5. The van der Waals surface area contributed by atoms with E-state index < -0.39 is 25.0 Å². The Balaban J connectivity index is 1.68. The van der Waals surface area contributed by atoms with Crippen LogP contribution in [-0.4, -0.2) is 19.1 Å². The number of rotatable bonds is 5. The van der Waals surface area contributed by atoms with Crippen LogP contribution in [0.25, 0.3) is 16.2 Å². The third-order valence-electron chi connectivity index (χ3n) is 4.70. The fourth-order valence-corrected chi connectivity index (χ4v) is 6.73. The third kappa shape index (κ3) is 4.87. The van der Waals surface area contributed by atoms with Gasteiger partial charge < -0.3 is 14.4 Å². The lowest BCUT2D eigenvalue weighted by atomic mass is 10.1.